The van der Waals surface area contributed by atoms with Crippen molar-refractivity contribution in [2.75, 3.05) is 13.2 Å². The van der Waals surface area contributed by atoms with Crippen LogP contribution in [0.25, 0.3) is 0 Å². The fraction of sp³-hybridized carbons (Fsp3) is 0.750. The number of aliphatic carboxylic acids is 1. The molecule has 0 aliphatic carbocycles. The van der Waals surface area contributed by atoms with Crippen LogP contribution in [-0.2, 0) is 14.0 Å². The fourth-order valence-corrected chi connectivity index (χ4v) is 1.88. The van der Waals surface area contributed by atoms with Crippen molar-refractivity contribution in [2.24, 2.45) is 0 Å². The molecular weight excluding hydrogens is 236 g/mol. The van der Waals surface area contributed by atoms with Crippen molar-refractivity contribution in [1.29, 1.82) is 0 Å². The van der Waals surface area contributed by atoms with Gasteiger partial charge in [0.05, 0.1) is 13.2 Å². The van der Waals surface area contributed by atoms with Gasteiger partial charge in [-0.05, 0) is 18.1 Å². The maximum absolute atomic E-state index is 10.9. The molecular formula is C12H24O4Si. The van der Waals surface area contributed by atoms with Crippen molar-refractivity contribution in [2.45, 2.75) is 45.0 Å². The summed E-state index contributed by atoms with van der Waals surface area (Å²) in [7, 11) is -1.92. The van der Waals surface area contributed by atoms with E-state index in [1.807, 2.05) is 0 Å². The Balaban J connectivity index is 4.40. The highest BCUT2D eigenvalue weighted by molar-refractivity contribution is 6.74. The third-order valence-corrected chi connectivity index (χ3v) is 7.59. The molecule has 100 valence electrons. The lowest BCUT2D eigenvalue weighted by atomic mass is 10.2. The molecule has 0 aromatic carbocycles. The van der Waals surface area contributed by atoms with Crippen LogP contribution in [0.4, 0.5) is 0 Å². The van der Waals surface area contributed by atoms with Crippen LogP contribution in [0, 0.1) is 0 Å². The summed E-state index contributed by atoms with van der Waals surface area (Å²) in [5, 5.41) is 9.04. The summed E-state index contributed by atoms with van der Waals surface area (Å²) < 4.78 is 11.0. The number of hydrogen-bond acceptors (Lipinski definition) is 3. The molecule has 0 bridgehead atoms. The summed E-state index contributed by atoms with van der Waals surface area (Å²) in [4.78, 5) is 10.9. The molecule has 0 aromatic rings. The van der Waals surface area contributed by atoms with Crippen molar-refractivity contribution in [1.82, 2.24) is 0 Å². The van der Waals surface area contributed by atoms with Crippen LogP contribution in [0.5, 0.6) is 0 Å². The maximum Gasteiger partial charge on any atom is 0.335 e. The zero-order valence-corrected chi connectivity index (χ0v) is 12.4. The third-order valence-electron chi connectivity index (χ3n) is 3.09. The Kier molecular flexibility index (Phi) is 6.08. The number of carboxylic acids is 1. The number of ether oxygens (including phenoxy) is 1. The molecule has 1 N–H and O–H groups in total. The lowest BCUT2D eigenvalue weighted by Crippen LogP contribution is -2.44. The Morgan fingerprint density at radius 3 is 2.35 bits per heavy atom. The van der Waals surface area contributed by atoms with E-state index in [9.17, 15) is 4.79 Å². The second kappa shape index (κ2) is 6.33. The minimum absolute atomic E-state index is 0.0640. The predicted molar refractivity (Wildman–Crippen MR) is 70.7 cm³/mol. The molecule has 0 saturated heterocycles. The Labute approximate surface area is 105 Å². The van der Waals surface area contributed by atoms with E-state index in [2.05, 4.69) is 40.4 Å². The number of carboxylic acid groups (broad SMARTS) is 1. The molecule has 0 fully saturated rings. The lowest BCUT2D eigenvalue weighted by molar-refractivity contribution is -0.151. The molecule has 0 amide bonds. The summed E-state index contributed by atoms with van der Waals surface area (Å²) in [6, 6.07) is 0. The molecule has 0 aliphatic rings. The molecule has 0 rings (SSSR count). The van der Waals surface area contributed by atoms with Gasteiger partial charge in [0.2, 0.25) is 0 Å². The second-order valence-electron chi connectivity index (χ2n) is 5.52. The Hall–Kier alpha value is -0.653. The molecule has 17 heavy (non-hydrogen) atoms. The van der Waals surface area contributed by atoms with Crippen LogP contribution < -0.4 is 0 Å². The van der Waals surface area contributed by atoms with Crippen molar-refractivity contribution >= 4 is 14.3 Å². The van der Waals surface area contributed by atoms with Crippen LogP contribution in [0.2, 0.25) is 18.1 Å². The molecule has 0 aliphatic heterocycles. The van der Waals surface area contributed by atoms with Gasteiger partial charge in [-0.25, -0.2) is 4.79 Å². The molecule has 0 spiro atoms. The average Bonchev–Trinajstić information content (AvgIpc) is 2.15. The molecule has 0 unspecified atom stereocenters. The normalized spacial score (nSPS) is 14.4. The van der Waals surface area contributed by atoms with E-state index < -0.39 is 20.4 Å². The molecule has 0 saturated carbocycles. The Morgan fingerprint density at radius 2 is 2.00 bits per heavy atom. The topological polar surface area (TPSA) is 55.8 Å². The van der Waals surface area contributed by atoms with Crippen molar-refractivity contribution in [3.63, 3.8) is 0 Å². The molecule has 1 atom stereocenters. The summed E-state index contributed by atoms with van der Waals surface area (Å²) in [5.74, 6) is -0.995. The number of hydrogen-bond donors (Lipinski definition) is 1. The van der Waals surface area contributed by atoms with Gasteiger partial charge in [-0.2, -0.15) is 0 Å². The highest BCUT2D eigenvalue weighted by atomic mass is 28.4. The average molecular weight is 260 g/mol. The maximum atomic E-state index is 10.9. The third kappa shape index (κ3) is 5.47. The summed E-state index contributed by atoms with van der Waals surface area (Å²) in [6.45, 7) is 14.3. The smallest absolute Gasteiger partial charge is 0.335 e. The molecule has 5 heteroatoms. The van der Waals surface area contributed by atoms with Gasteiger partial charge in [0.25, 0.3) is 0 Å². The van der Waals surface area contributed by atoms with Gasteiger partial charge in [0, 0.05) is 0 Å². The van der Waals surface area contributed by atoms with E-state index in [-0.39, 0.29) is 18.3 Å². The van der Waals surface area contributed by atoms with Crippen molar-refractivity contribution in [3.8, 4) is 0 Å². The van der Waals surface area contributed by atoms with E-state index in [0.29, 0.717) is 0 Å². The highest BCUT2D eigenvalue weighted by Gasteiger charge is 2.38. The van der Waals surface area contributed by atoms with Gasteiger partial charge >= 0.3 is 5.97 Å². The van der Waals surface area contributed by atoms with Gasteiger partial charge in [-0.3, -0.25) is 0 Å². The van der Waals surface area contributed by atoms with E-state index in [1.54, 1.807) is 0 Å². The van der Waals surface area contributed by atoms with Gasteiger partial charge in [0.15, 0.2) is 14.4 Å². The second-order valence-corrected chi connectivity index (χ2v) is 10.3. The van der Waals surface area contributed by atoms with E-state index >= 15 is 0 Å². The van der Waals surface area contributed by atoms with Crippen molar-refractivity contribution in [3.05, 3.63) is 12.7 Å². The monoisotopic (exact) mass is 260 g/mol. The van der Waals surface area contributed by atoms with Crippen LogP contribution in [0.1, 0.15) is 20.8 Å². The fourth-order valence-electron chi connectivity index (χ4n) is 0.875. The first kappa shape index (κ1) is 16.3. The number of carbonyl (C=O) groups is 1. The van der Waals surface area contributed by atoms with Crippen molar-refractivity contribution < 1.29 is 19.1 Å². The summed E-state index contributed by atoms with van der Waals surface area (Å²) >= 11 is 0. The van der Waals surface area contributed by atoms with Crippen LogP contribution in [-0.4, -0.2) is 38.7 Å². The van der Waals surface area contributed by atoms with Gasteiger partial charge in [0.1, 0.15) is 0 Å². The first-order valence-electron chi connectivity index (χ1n) is 5.71. The molecule has 0 aromatic heterocycles. The molecule has 0 heterocycles. The standard InChI is InChI=1S/C12H24O4Si/c1-7-8-15-10(11(13)14)9-16-17(5,6)12(2,3)4/h7,10H,1,8-9H2,2-6H3,(H,13,14)/t10-/m0/s1. The predicted octanol–water partition coefficient (Wildman–Crippen LogP) is 2.66. The zero-order valence-electron chi connectivity index (χ0n) is 11.4. The zero-order chi connectivity index (χ0) is 13.7. The first-order valence-corrected chi connectivity index (χ1v) is 8.62. The van der Waals surface area contributed by atoms with Gasteiger partial charge < -0.3 is 14.3 Å². The lowest BCUT2D eigenvalue weighted by Gasteiger charge is -2.36. The Morgan fingerprint density at radius 1 is 1.47 bits per heavy atom. The largest absolute Gasteiger partial charge is 0.479 e. The highest BCUT2D eigenvalue weighted by Crippen LogP contribution is 2.36. The summed E-state index contributed by atoms with van der Waals surface area (Å²) in [6.07, 6.45) is 0.615. The van der Waals surface area contributed by atoms with Crippen LogP contribution in [0.15, 0.2) is 12.7 Å². The minimum atomic E-state index is -1.92. The van der Waals surface area contributed by atoms with Gasteiger partial charge in [-0.1, -0.05) is 26.8 Å². The van der Waals surface area contributed by atoms with Crippen LogP contribution in [0.3, 0.4) is 0 Å². The SMILES string of the molecule is C=CCO[C@@H](CO[Si](C)(C)C(C)(C)C)C(=O)O. The van der Waals surface area contributed by atoms with E-state index in [4.69, 9.17) is 14.3 Å². The number of rotatable bonds is 7. The van der Waals surface area contributed by atoms with Gasteiger partial charge in [-0.15, -0.1) is 6.58 Å². The first-order chi connectivity index (χ1) is 7.62. The quantitative estimate of drug-likeness (QED) is 0.565. The molecule has 4 nitrogen and oxygen atoms in total. The van der Waals surface area contributed by atoms with E-state index in [1.165, 1.54) is 6.08 Å². The van der Waals surface area contributed by atoms with Crippen LogP contribution >= 0.6 is 0 Å². The molecule has 0 radical (unpaired) electrons. The minimum Gasteiger partial charge on any atom is -0.479 e. The summed E-state index contributed by atoms with van der Waals surface area (Å²) in [5.41, 5.74) is 0. The van der Waals surface area contributed by atoms with E-state index in [0.717, 1.165) is 0 Å². The Bertz CT molecular complexity index is 268.